The van der Waals surface area contributed by atoms with Crippen LogP contribution >= 0.6 is 22.7 Å². The van der Waals surface area contributed by atoms with Crippen LogP contribution in [0.3, 0.4) is 0 Å². The quantitative estimate of drug-likeness (QED) is 0.416. The lowest BCUT2D eigenvalue weighted by atomic mass is 9.99. The minimum atomic E-state index is 0.380. The summed E-state index contributed by atoms with van der Waals surface area (Å²) in [6.45, 7) is 5.11. The molecule has 1 N–H and O–H groups in total. The van der Waals surface area contributed by atoms with E-state index in [4.69, 9.17) is 4.74 Å². The lowest BCUT2D eigenvalue weighted by Gasteiger charge is -2.33. The second-order valence-corrected chi connectivity index (χ2v) is 9.42. The zero-order valence-electron chi connectivity index (χ0n) is 17.1. The normalized spacial score (nSPS) is 17.5. The summed E-state index contributed by atoms with van der Waals surface area (Å²) < 4.78 is 6.50. The molecule has 1 aliphatic rings. The minimum Gasteiger partial charge on any atom is -0.383 e. The average Bonchev–Trinajstić information content (AvgIpc) is 3.40. The smallest absolute Gasteiger partial charge is 0.125 e. The van der Waals surface area contributed by atoms with E-state index in [-0.39, 0.29) is 0 Å². The summed E-state index contributed by atoms with van der Waals surface area (Å²) in [6.07, 6.45) is 5.35. The van der Waals surface area contributed by atoms with Gasteiger partial charge in [0.25, 0.3) is 0 Å². The molecule has 0 fully saturated rings. The third-order valence-corrected chi connectivity index (χ3v) is 7.59. The van der Waals surface area contributed by atoms with Crippen LogP contribution < -0.4 is 5.32 Å². The van der Waals surface area contributed by atoms with Crippen molar-refractivity contribution >= 4 is 60.1 Å². The second kappa shape index (κ2) is 8.43. The SMILES string of the molecule is COCCN1CCC=C(c2cc3c(Nc4ccc5scnc5c4)ccnc3s2)[C@H]1C. The Hall–Kier alpha value is -2.32. The van der Waals surface area contributed by atoms with Gasteiger partial charge < -0.3 is 10.1 Å². The van der Waals surface area contributed by atoms with Gasteiger partial charge >= 0.3 is 0 Å². The number of ether oxygens (including phenoxy) is 1. The molecule has 1 aromatic carbocycles. The number of rotatable bonds is 6. The molecule has 0 radical (unpaired) electrons. The monoisotopic (exact) mass is 436 g/mol. The van der Waals surface area contributed by atoms with Crippen LogP contribution in [0.5, 0.6) is 0 Å². The minimum absolute atomic E-state index is 0.380. The lowest BCUT2D eigenvalue weighted by molar-refractivity contribution is 0.137. The molecule has 4 heterocycles. The first kappa shape index (κ1) is 19.6. The molecular weight excluding hydrogens is 412 g/mol. The Kier molecular flexibility index (Phi) is 5.52. The van der Waals surface area contributed by atoms with E-state index in [1.807, 2.05) is 17.8 Å². The van der Waals surface area contributed by atoms with Crippen molar-refractivity contribution < 1.29 is 4.74 Å². The molecule has 0 unspecified atom stereocenters. The number of aromatic nitrogens is 2. The van der Waals surface area contributed by atoms with Crippen LogP contribution in [0.25, 0.3) is 26.0 Å². The first-order valence-corrected chi connectivity index (χ1v) is 11.8. The van der Waals surface area contributed by atoms with Gasteiger partial charge in [-0.3, -0.25) is 4.90 Å². The molecule has 0 saturated carbocycles. The topological polar surface area (TPSA) is 50.3 Å². The molecule has 0 spiro atoms. The summed E-state index contributed by atoms with van der Waals surface area (Å²) >= 11 is 3.44. The van der Waals surface area contributed by atoms with Gasteiger partial charge in [0.15, 0.2) is 0 Å². The van der Waals surface area contributed by atoms with E-state index < -0.39 is 0 Å². The third kappa shape index (κ3) is 3.74. The Morgan fingerprint density at radius 3 is 3.07 bits per heavy atom. The van der Waals surface area contributed by atoms with Crippen LogP contribution in [0.4, 0.5) is 11.4 Å². The number of nitrogens with one attached hydrogen (secondary N) is 1. The second-order valence-electron chi connectivity index (χ2n) is 7.50. The maximum absolute atomic E-state index is 5.30. The number of fused-ring (bicyclic) bond motifs is 2. The first-order valence-electron chi connectivity index (χ1n) is 10.1. The zero-order valence-corrected chi connectivity index (χ0v) is 18.7. The standard InChI is InChI=1S/C23H24N4OS2/c1-15-17(4-3-9-27(15)10-11-28-2)22-13-18-19(7-8-24-23(18)30-22)26-16-5-6-21-20(12-16)25-14-29-21/h4-8,12-15H,3,9-11H2,1-2H3,(H,24,26)/t15-/m1/s1. The Morgan fingerprint density at radius 2 is 2.17 bits per heavy atom. The van der Waals surface area contributed by atoms with Crippen molar-refractivity contribution in [2.24, 2.45) is 0 Å². The summed E-state index contributed by atoms with van der Waals surface area (Å²) in [5.74, 6) is 0. The maximum atomic E-state index is 5.30. The highest BCUT2D eigenvalue weighted by Crippen LogP contribution is 2.38. The number of methoxy groups -OCH3 is 1. The maximum Gasteiger partial charge on any atom is 0.125 e. The summed E-state index contributed by atoms with van der Waals surface area (Å²) in [4.78, 5) is 13.9. The summed E-state index contributed by atoms with van der Waals surface area (Å²) in [5, 5.41) is 4.74. The molecule has 0 bridgehead atoms. The molecular formula is C23H24N4OS2. The van der Waals surface area contributed by atoms with E-state index >= 15 is 0 Å². The van der Waals surface area contributed by atoms with Crippen LogP contribution in [0.2, 0.25) is 0 Å². The van der Waals surface area contributed by atoms with Gasteiger partial charge in [-0.25, -0.2) is 9.97 Å². The first-order chi connectivity index (χ1) is 14.7. The van der Waals surface area contributed by atoms with Crippen LogP contribution in [-0.4, -0.2) is 47.7 Å². The van der Waals surface area contributed by atoms with Gasteiger partial charge in [0, 0.05) is 48.4 Å². The fourth-order valence-corrected chi connectivity index (χ4v) is 5.86. The number of hydrogen-bond donors (Lipinski definition) is 1. The molecule has 0 aliphatic carbocycles. The van der Waals surface area contributed by atoms with Crippen molar-refractivity contribution in [2.75, 3.05) is 32.1 Å². The highest BCUT2D eigenvalue weighted by atomic mass is 32.1. The molecule has 3 aromatic heterocycles. The molecule has 1 atom stereocenters. The molecule has 0 amide bonds. The fraction of sp³-hybridized carbons (Fsp3) is 0.304. The van der Waals surface area contributed by atoms with Crippen LogP contribution in [-0.2, 0) is 4.74 Å². The number of anilines is 2. The van der Waals surface area contributed by atoms with E-state index in [1.165, 1.54) is 15.2 Å². The molecule has 154 valence electrons. The van der Waals surface area contributed by atoms with Gasteiger partial charge in [0.2, 0.25) is 0 Å². The number of thiazole rings is 1. The van der Waals surface area contributed by atoms with Gasteiger partial charge in [0.05, 0.1) is 28.0 Å². The molecule has 4 aromatic rings. The fourth-order valence-electron chi connectivity index (χ4n) is 4.05. The van der Waals surface area contributed by atoms with E-state index in [0.29, 0.717) is 6.04 Å². The highest BCUT2D eigenvalue weighted by molar-refractivity contribution is 7.19. The Bertz CT molecular complexity index is 1210. The summed E-state index contributed by atoms with van der Waals surface area (Å²) in [5.41, 5.74) is 6.44. The van der Waals surface area contributed by atoms with Gasteiger partial charge in [-0.2, -0.15) is 0 Å². The van der Waals surface area contributed by atoms with E-state index in [9.17, 15) is 0 Å². The summed E-state index contributed by atoms with van der Waals surface area (Å²) in [7, 11) is 1.77. The zero-order chi connectivity index (χ0) is 20.5. The van der Waals surface area contributed by atoms with Crippen molar-refractivity contribution in [1.82, 2.24) is 14.9 Å². The van der Waals surface area contributed by atoms with E-state index in [2.05, 4.69) is 57.4 Å². The number of thiophene rings is 1. The Labute approximate surface area is 184 Å². The highest BCUT2D eigenvalue weighted by Gasteiger charge is 2.24. The molecule has 1 aliphatic heterocycles. The average molecular weight is 437 g/mol. The number of hydrogen-bond acceptors (Lipinski definition) is 7. The third-order valence-electron chi connectivity index (χ3n) is 5.69. The van der Waals surface area contributed by atoms with Gasteiger partial charge in [-0.05, 0) is 49.2 Å². The Morgan fingerprint density at radius 1 is 1.23 bits per heavy atom. The van der Waals surface area contributed by atoms with Crippen LogP contribution in [0.15, 0.2) is 48.1 Å². The van der Waals surface area contributed by atoms with E-state index in [0.717, 1.165) is 53.2 Å². The molecule has 0 saturated heterocycles. The largest absolute Gasteiger partial charge is 0.383 e. The Balaban J connectivity index is 1.45. The molecule has 7 heteroatoms. The van der Waals surface area contributed by atoms with Gasteiger partial charge in [0.1, 0.15) is 4.83 Å². The predicted molar refractivity (Wildman–Crippen MR) is 128 cm³/mol. The van der Waals surface area contributed by atoms with Crippen molar-refractivity contribution in [3.8, 4) is 0 Å². The lowest BCUT2D eigenvalue weighted by Crippen LogP contribution is -2.39. The van der Waals surface area contributed by atoms with Crippen molar-refractivity contribution in [3.05, 3.63) is 53.0 Å². The van der Waals surface area contributed by atoms with E-state index in [1.54, 1.807) is 29.8 Å². The van der Waals surface area contributed by atoms with Crippen molar-refractivity contribution in [1.29, 1.82) is 0 Å². The predicted octanol–water partition coefficient (Wildman–Crippen LogP) is 5.77. The number of pyridine rings is 1. The van der Waals surface area contributed by atoms with Crippen LogP contribution in [0, 0.1) is 0 Å². The number of benzene rings is 1. The number of nitrogens with zero attached hydrogens (tertiary/aromatic N) is 3. The summed E-state index contributed by atoms with van der Waals surface area (Å²) in [6, 6.07) is 11.1. The van der Waals surface area contributed by atoms with Gasteiger partial charge in [-0.1, -0.05) is 6.08 Å². The molecule has 30 heavy (non-hydrogen) atoms. The molecule has 5 rings (SSSR count). The van der Waals surface area contributed by atoms with Crippen LogP contribution in [0.1, 0.15) is 18.2 Å². The molecule has 5 nitrogen and oxygen atoms in total. The van der Waals surface area contributed by atoms with Crippen molar-refractivity contribution in [2.45, 2.75) is 19.4 Å². The van der Waals surface area contributed by atoms with Gasteiger partial charge in [-0.15, -0.1) is 22.7 Å². The van der Waals surface area contributed by atoms with Crippen molar-refractivity contribution in [3.63, 3.8) is 0 Å².